The third kappa shape index (κ3) is 3.95. The molecule has 1 aliphatic heterocycles. The molecular weight excluding hydrogens is 346 g/mol. The van der Waals surface area contributed by atoms with Crippen LogP contribution in [0.3, 0.4) is 0 Å². The molecule has 0 aliphatic carbocycles. The van der Waals surface area contributed by atoms with Crippen LogP contribution < -0.4 is 5.56 Å². The SMILES string of the molecule is CC1CC(C)CN(C(=O)CSc2nc3ccccc3c(=O)n2C(C)C)C1. The van der Waals surface area contributed by atoms with Crippen molar-refractivity contribution in [1.82, 2.24) is 14.5 Å². The Morgan fingerprint density at radius 2 is 1.88 bits per heavy atom. The summed E-state index contributed by atoms with van der Waals surface area (Å²) in [7, 11) is 0. The topological polar surface area (TPSA) is 55.2 Å². The number of carbonyl (C=O) groups is 1. The van der Waals surface area contributed by atoms with Crippen molar-refractivity contribution < 1.29 is 4.79 Å². The number of fused-ring (bicyclic) bond motifs is 1. The molecule has 2 aromatic rings. The smallest absolute Gasteiger partial charge is 0.262 e. The summed E-state index contributed by atoms with van der Waals surface area (Å²) in [6.07, 6.45) is 1.18. The summed E-state index contributed by atoms with van der Waals surface area (Å²) < 4.78 is 1.70. The van der Waals surface area contributed by atoms with Gasteiger partial charge in [0, 0.05) is 19.1 Å². The zero-order valence-corrected chi connectivity index (χ0v) is 16.8. The minimum Gasteiger partial charge on any atom is -0.341 e. The van der Waals surface area contributed by atoms with Crippen molar-refractivity contribution in [3.05, 3.63) is 34.6 Å². The minimum atomic E-state index is -0.0410. The number of nitrogens with zero attached hydrogens (tertiary/aromatic N) is 3. The molecule has 1 aromatic heterocycles. The van der Waals surface area contributed by atoms with E-state index in [2.05, 4.69) is 18.8 Å². The first kappa shape index (κ1) is 19.0. The Labute approximate surface area is 158 Å². The molecule has 0 spiro atoms. The Balaban J connectivity index is 1.83. The predicted molar refractivity (Wildman–Crippen MR) is 107 cm³/mol. The number of thioether (sulfide) groups is 1. The van der Waals surface area contributed by atoms with Gasteiger partial charge in [0.15, 0.2) is 5.16 Å². The number of hydrogen-bond donors (Lipinski definition) is 0. The Bertz CT molecular complexity index is 852. The first-order valence-corrected chi connectivity index (χ1v) is 10.3. The average Bonchev–Trinajstić information content (AvgIpc) is 2.58. The lowest BCUT2D eigenvalue weighted by Gasteiger charge is -2.35. The van der Waals surface area contributed by atoms with Gasteiger partial charge in [0.25, 0.3) is 5.56 Å². The van der Waals surface area contributed by atoms with Gasteiger partial charge in [0.1, 0.15) is 0 Å². The highest BCUT2D eigenvalue weighted by Crippen LogP contribution is 2.24. The average molecular weight is 374 g/mol. The zero-order chi connectivity index (χ0) is 18.8. The van der Waals surface area contributed by atoms with E-state index in [1.165, 1.54) is 18.2 Å². The quantitative estimate of drug-likeness (QED) is 0.607. The van der Waals surface area contributed by atoms with E-state index in [0.29, 0.717) is 33.6 Å². The lowest BCUT2D eigenvalue weighted by molar-refractivity contribution is -0.130. The van der Waals surface area contributed by atoms with Gasteiger partial charge in [0.05, 0.1) is 16.7 Å². The molecule has 0 saturated carbocycles. The highest BCUT2D eigenvalue weighted by Gasteiger charge is 2.26. The molecule has 2 unspecified atom stereocenters. The van der Waals surface area contributed by atoms with E-state index in [1.54, 1.807) is 10.6 Å². The van der Waals surface area contributed by atoms with Crippen molar-refractivity contribution in [2.24, 2.45) is 11.8 Å². The van der Waals surface area contributed by atoms with Gasteiger partial charge in [-0.2, -0.15) is 0 Å². The Hall–Kier alpha value is -1.82. The Kier molecular flexibility index (Phi) is 5.70. The maximum absolute atomic E-state index is 12.8. The number of benzene rings is 1. The molecule has 1 fully saturated rings. The Morgan fingerprint density at radius 3 is 2.54 bits per heavy atom. The summed E-state index contributed by atoms with van der Waals surface area (Å²) >= 11 is 1.37. The van der Waals surface area contributed by atoms with Crippen LogP contribution >= 0.6 is 11.8 Å². The second kappa shape index (κ2) is 7.82. The highest BCUT2D eigenvalue weighted by molar-refractivity contribution is 7.99. The molecule has 6 heteroatoms. The van der Waals surface area contributed by atoms with Crippen molar-refractivity contribution in [1.29, 1.82) is 0 Å². The molecular formula is C20H27N3O2S. The lowest BCUT2D eigenvalue weighted by Crippen LogP contribution is -2.43. The second-order valence-electron chi connectivity index (χ2n) is 7.71. The number of para-hydroxylation sites is 1. The molecule has 1 aromatic carbocycles. The van der Waals surface area contributed by atoms with Crippen LogP contribution in [0.15, 0.2) is 34.2 Å². The van der Waals surface area contributed by atoms with E-state index in [0.717, 1.165) is 13.1 Å². The van der Waals surface area contributed by atoms with E-state index < -0.39 is 0 Å². The van der Waals surface area contributed by atoms with Gasteiger partial charge in [-0.3, -0.25) is 14.2 Å². The summed E-state index contributed by atoms with van der Waals surface area (Å²) in [5.41, 5.74) is 0.644. The van der Waals surface area contributed by atoms with Crippen molar-refractivity contribution >= 4 is 28.6 Å². The van der Waals surface area contributed by atoms with Crippen molar-refractivity contribution in [2.45, 2.75) is 45.3 Å². The fraction of sp³-hybridized carbons (Fsp3) is 0.550. The fourth-order valence-corrected chi connectivity index (χ4v) is 4.80. The number of carbonyl (C=O) groups excluding carboxylic acids is 1. The number of likely N-dealkylation sites (tertiary alicyclic amines) is 1. The van der Waals surface area contributed by atoms with Crippen molar-refractivity contribution in [3.63, 3.8) is 0 Å². The van der Waals surface area contributed by atoms with Gasteiger partial charge in [-0.25, -0.2) is 4.98 Å². The highest BCUT2D eigenvalue weighted by atomic mass is 32.2. The zero-order valence-electron chi connectivity index (χ0n) is 15.9. The molecule has 3 rings (SSSR count). The summed E-state index contributed by atoms with van der Waals surface area (Å²) in [4.78, 5) is 32.1. The minimum absolute atomic E-state index is 0.00719. The van der Waals surface area contributed by atoms with Crippen LogP contribution in [0.5, 0.6) is 0 Å². The van der Waals surface area contributed by atoms with E-state index in [-0.39, 0.29) is 17.5 Å². The molecule has 1 saturated heterocycles. The first-order chi connectivity index (χ1) is 12.4. The molecule has 2 atom stereocenters. The molecule has 140 valence electrons. The fourth-order valence-electron chi connectivity index (χ4n) is 3.77. The van der Waals surface area contributed by atoms with Crippen LogP contribution in [-0.2, 0) is 4.79 Å². The number of hydrogen-bond acceptors (Lipinski definition) is 4. The largest absolute Gasteiger partial charge is 0.341 e. The van der Waals surface area contributed by atoms with Gasteiger partial charge < -0.3 is 4.90 Å². The third-order valence-corrected chi connectivity index (χ3v) is 5.78. The molecule has 26 heavy (non-hydrogen) atoms. The molecule has 1 amide bonds. The van der Waals surface area contributed by atoms with Gasteiger partial charge in [0.2, 0.25) is 5.91 Å². The Morgan fingerprint density at radius 1 is 1.23 bits per heavy atom. The molecule has 5 nitrogen and oxygen atoms in total. The van der Waals surface area contributed by atoms with Gasteiger partial charge in [-0.1, -0.05) is 37.7 Å². The van der Waals surface area contributed by atoms with Crippen LogP contribution in [0.4, 0.5) is 0 Å². The number of piperidine rings is 1. The number of amides is 1. The predicted octanol–water partition coefficient (Wildman–Crippen LogP) is 3.57. The molecule has 0 N–H and O–H groups in total. The maximum atomic E-state index is 12.8. The standard InChI is InChI=1S/C20H27N3O2S/c1-13(2)23-19(25)16-7-5-6-8-17(16)21-20(23)26-12-18(24)22-10-14(3)9-15(4)11-22/h5-8,13-15H,9-12H2,1-4H3. The summed E-state index contributed by atoms with van der Waals surface area (Å²) in [6, 6.07) is 7.38. The van der Waals surface area contributed by atoms with E-state index >= 15 is 0 Å². The molecule has 0 bridgehead atoms. The van der Waals surface area contributed by atoms with Crippen molar-refractivity contribution in [2.75, 3.05) is 18.8 Å². The summed E-state index contributed by atoms with van der Waals surface area (Å²) in [6.45, 7) is 9.99. The molecule has 2 heterocycles. The van der Waals surface area contributed by atoms with Gasteiger partial charge >= 0.3 is 0 Å². The van der Waals surface area contributed by atoms with Crippen LogP contribution in [0, 0.1) is 11.8 Å². The monoisotopic (exact) mass is 373 g/mol. The van der Waals surface area contributed by atoms with Crippen molar-refractivity contribution in [3.8, 4) is 0 Å². The third-order valence-electron chi connectivity index (χ3n) is 4.84. The van der Waals surface area contributed by atoms with Crippen LogP contribution in [0.2, 0.25) is 0 Å². The second-order valence-corrected chi connectivity index (χ2v) is 8.66. The normalized spacial score (nSPS) is 20.7. The van der Waals surface area contributed by atoms with E-state index in [9.17, 15) is 9.59 Å². The molecule has 1 aliphatic rings. The number of aromatic nitrogens is 2. The lowest BCUT2D eigenvalue weighted by atomic mass is 9.92. The molecule has 0 radical (unpaired) electrons. The van der Waals surface area contributed by atoms with E-state index in [4.69, 9.17) is 0 Å². The van der Waals surface area contributed by atoms with Gasteiger partial charge in [-0.15, -0.1) is 0 Å². The summed E-state index contributed by atoms with van der Waals surface area (Å²) in [5, 5.41) is 1.24. The van der Waals surface area contributed by atoms with Crippen LogP contribution in [0.25, 0.3) is 10.9 Å². The number of rotatable bonds is 4. The summed E-state index contributed by atoms with van der Waals surface area (Å²) in [5.74, 6) is 1.53. The maximum Gasteiger partial charge on any atom is 0.262 e. The van der Waals surface area contributed by atoms with Crippen LogP contribution in [-0.4, -0.2) is 39.2 Å². The van der Waals surface area contributed by atoms with Gasteiger partial charge in [-0.05, 0) is 44.2 Å². The van der Waals surface area contributed by atoms with Crippen LogP contribution in [0.1, 0.15) is 40.2 Å². The first-order valence-electron chi connectivity index (χ1n) is 9.28. The van der Waals surface area contributed by atoms with E-state index in [1.807, 2.05) is 36.9 Å².